The second-order valence-electron chi connectivity index (χ2n) is 3.93. The molecule has 0 saturated carbocycles. The maximum atomic E-state index is 6.40. The molecule has 0 aliphatic heterocycles. The summed E-state index contributed by atoms with van der Waals surface area (Å²) in [6.07, 6.45) is 2.04. The minimum Gasteiger partial charge on any atom is -0.481 e. The van der Waals surface area contributed by atoms with Gasteiger partial charge in [0.25, 0.3) is 0 Å². The number of benzene rings is 1. The van der Waals surface area contributed by atoms with Crippen molar-refractivity contribution in [3.05, 3.63) is 51.3 Å². The van der Waals surface area contributed by atoms with Crippen molar-refractivity contribution < 1.29 is 4.74 Å². The molecule has 100 valence electrons. The number of alkyl halides is 1. The van der Waals surface area contributed by atoms with Gasteiger partial charge in [0.1, 0.15) is 6.33 Å². The van der Waals surface area contributed by atoms with Crippen molar-refractivity contribution >= 4 is 39.1 Å². The molecular weight excluding hydrogens is 351 g/mol. The molecule has 0 N–H and O–H groups in total. The summed E-state index contributed by atoms with van der Waals surface area (Å²) in [6, 6.07) is 7.39. The fourth-order valence-electron chi connectivity index (χ4n) is 1.66. The lowest BCUT2D eigenvalue weighted by Gasteiger charge is -2.11. The summed E-state index contributed by atoms with van der Waals surface area (Å²) >= 11 is 15.8. The smallest absolute Gasteiger partial charge is 0.216 e. The van der Waals surface area contributed by atoms with E-state index in [0.29, 0.717) is 17.3 Å². The monoisotopic (exact) mass is 360 g/mol. The quantitative estimate of drug-likeness (QED) is 0.756. The first-order valence-corrected chi connectivity index (χ1v) is 7.14. The van der Waals surface area contributed by atoms with E-state index in [2.05, 4.69) is 25.9 Å². The average molecular weight is 362 g/mol. The Morgan fingerprint density at radius 1 is 1.26 bits per heavy atom. The Balaban J connectivity index is 2.17. The Bertz CT molecular complexity index is 560. The van der Waals surface area contributed by atoms with Crippen molar-refractivity contribution in [3.8, 4) is 5.88 Å². The van der Waals surface area contributed by atoms with Crippen molar-refractivity contribution in [1.29, 1.82) is 0 Å². The molecule has 0 spiro atoms. The third-order valence-electron chi connectivity index (χ3n) is 2.54. The number of nitrogens with zero attached hydrogens (tertiary/aromatic N) is 2. The minimum absolute atomic E-state index is 0.213. The zero-order chi connectivity index (χ0) is 13.8. The van der Waals surface area contributed by atoms with Crippen LogP contribution in [0.15, 0.2) is 35.1 Å². The largest absolute Gasteiger partial charge is 0.481 e. The molecule has 6 heteroatoms. The zero-order valence-corrected chi connectivity index (χ0v) is 13.2. The third-order valence-corrected chi connectivity index (χ3v) is 3.63. The first-order chi connectivity index (χ1) is 9.08. The molecule has 1 heterocycles. The minimum atomic E-state index is -0.213. The molecule has 1 atom stereocenters. The number of rotatable bonds is 4. The van der Waals surface area contributed by atoms with Crippen LogP contribution in [0.1, 0.15) is 16.6 Å². The van der Waals surface area contributed by atoms with Crippen LogP contribution in [0.5, 0.6) is 5.88 Å². The topological polar surface area (TPSA) is 35.0 Å². The SMILES string of the molecule is COc1cc(CC(Cl)c2cc(Cl)cc(Br)c2)ncn1. The van der Waals surface area contributed by atoms with Crippen LogP contribution in [0.25, 0.3) is 0 Å². The summed E-state index contributed by atoms with van der Waals surface area (Å²) in [4.78, 5) is 8.14. The van der Waals surface area contributed by atoms with E-state index < -0.39 is 0 Å². The maximum absolute atomic E-state index is 6.40. The highest BCUT2D eigenvalue weighted by Crippen LogP contribution is 2.30. The van der Waals surface area contributed by atoms with Gasteiger partial charge in [0.05, 0.1) is 12.5 Å². The lowest BCUT2D eigenvalue weighted by molar-refractivity contribution is 0.396. The van der Waals surface area contributed by atoms with E-state index in [0.717, 1.165) is 15.7 Å². The third kappa shape index (κ3) is 4.06. The molecule has 2 rings (SSSR count). The number of hydrogen-bond donors (Lipinski definition) is 0. The first-order valence-electron chi connectivity index (χ1n) is 5.53. The summed E-state index contributed by atoms with van der Waals surface area (Å²) in [5.41, 5.74) is 1.77. The fraction of sp³-hybridized carbons (Fsp3) is 0.231. The molecule has 2 aromatic rings. The number of aromatic nitrogens is 2. The van der Waals surface area contributed by atoms with Crippen molar-refractivity contribution in [2.45, 2.75) is 11.8 Å². The van der Waals surface area contributed by atoms with E-state index in [9.17, 15) is 0 Å². The molecule has 1 aromatic carbocycles. The van der Waals surface area contributed by atoms with Crippen LogP contribution >= 0.6 is 39.1 Å². The number of ether oxygens (including phenoxy) is 1. The molecule has 0 radical (unpaired) electrons. The molecule has 0 aliphatic carbocycles. The van der Waals surface area contributed by atoms with Gasteiger partial charge >= 0.3 is 0 Å². The van der Waals surface area contributed by atoms with Gasteiger partial charge in [-0.2, -0.15) is 0 Å². The van der Waals surface area contributed by atoms with Crippen LogP contribution in [-0.4, -0.2) is 17.1 Å². The molecule has 0 bridgehead atoms. The summed E-state index contributed by atoms with van der Waals surface area (Å²) in [6.45, 7) is 0. The normalized spacial score (nSPS) is 12.2. The van der Waals surface area contributed by atoms with Gasteiger partial charge in [-0.15, -0.1) is 11.6 Å². The Morgan fingerprint density at radius 3 is 2.74 bits per heavy atom. The lowest BCUT2D eigenvalue weighted by Crippen LogP contribution is -2.00. The van der Waals surface area contributed by atoms with Crippen LogP contribution in [-0.2, 0) is 6.42 Å². The van der Waals surface area contributed by atoms with E-state index in [4.69, 9.17) is 27.9 Å². The van der Waals surface area contributed by atoms with Gasteiger partial charge in [-0.05, 0) is 23.8 Å². The highest BCUT2D eigenvalue weighted by molar-refractivity contribution is 9.10. The summed E-state index contributed by atoms with van der Waals surface area (Å²) in [7, 11) is 1.57. The van der Waals surface area contributed by atoms with Crippen LogP contribution in [0.2, 0.25) is 5.02 Å². The van der Waals surface area contributed by atoms with Gasteiger partial charge in [0.2, 0.25) is 5.88 Å². The van der Waals surface area contributed by atoms with Gasteiger partial charge in [-0.25, -0.2) is 9.97 Å². The second-order valence-corrected chi connectivity index (χ2v) is 5.81. The van der Waals surface area contributed by atoms with Crippen molar-refractivity contribution in [2.24, 2.45) is 0 Å². The van der Waals surface area contributed by atoms with Crippen molar-refractivity contribution in [3.63, 3.8) is 0 Å². The number of methoxy groups -OCH3 is 1. The van der Waals surface area contributed by atoms with Gasteiger partial charge in [-0.1, -0.05) is 27.5 Å². The predicted molar refractivity (Wildman–Crippen MR) is 80.0 cm³/mol. The fourth-order valence-corrected chi connectivity index (χ4v) is 2.83. The van der Waals surface area contributed by atoms with Gasteiger partial charge in [0, 0.05) is 27.7 Å². The molecular formula is C13H11BrCl2N2O. The Morgan fingerprint density at radius 2 is 2.05 bits per heavy atom. The van der Waals surface area contributed by atoms with Gasteiger partial charge in [-0.3, -0.25) is 0 Å². The summed E-state index contributed by atoms with van der Waals surface area (Å²) in [5, 5.41) is 0.435. The van der Waals surface area contributed by atoms with Crippen LogP contribution < -0.4 is 4.74 Å². The molecule has 0 amide bonds. The average Bonchev–Trinajstić information content (AvgIpc) is 2.37. The molecule has 3 nitrogen and oxygen atoms in total. The highest BCUT2D eigenvalue weighted by Gasteiger charge is 2.12. The maximum Gasteiger partial charge on any atom is 0.216 e. The highest BCUT2D eigenvalue weighted by atomic mass is 79.9. The van der Waals surface area contributed by atoms with Crippen molar-refractivity contribution in [1.82, 2.24) is 9.97 Å². The van der Waals surface area contributed by atoms with Gasteiger partial charge < -0.3 is 4.74 Å². The standard InChI is InChI=1S/C13H11BrCl2N2O/c1-19-13-6-11(17-7-18-13)5-12(16)8-2-9(14)4-10(15)3-8/h2-4,6-7,12H,5H2,1H3. The molecule has 0 fully saturated rings. The first kappa shape index (κ1) is 14.6. The number of halogens is 3. The number of hydrogen-bond acceptors (Lipinski definition) is 3. The molecule has 0 aliphatic rings. The summed E-state index contributed by atoms with van der Waals surface area (Å²) in [5.74, 6) is 0.529. The predicted octanol–water partition coefficient (Wildman–Crippen LogP) is 4.42. The Hall–Kier alpha value is -0.840. The van der Waals surface area contributed by atoms with E-state index >= 15 is 0 Å². The lowest BCUT2D eigenvalue weighted by atomic mass is 10.1. The Kier molecular flexibility index (Phi) is 5.02. The van der Waals surface area contributed by atoms with E-state index in [-0.39, 0.29) is 5.38 Å². The van der Waals surface area contributed by atoms with Crippen LogP contribution in [0.3, 0.4) is 0 Å². The summed E-state index contributed by atoms with van der Waals surface area (Å²) < 4.78 is 5.96. The molecule has 19 heavy (non-hydrogen) atoms. The molecule has 1 unspecified atom stereocenters. The van der Waals surface area contributed by atoms with E-state index in [1.165, 1.54) is 6.33 Å². The van der Waals surface area contributed by atoms with E-state index in [1.807, 2.05) is 18.2 Å². The van der Waals surface area contributed by atoms with E-state index in [1.54, 1.807) is 13.2 Å². The molecule has 1 aromatic heterocycles. The van der Waals surface area contributed by atoms with Crippen LogP contribution in [0, 0.1) is 0 Å². The van der Waals surface area contributed by atoms with Crippen LogP contribution in [0.4, 0.5) is 0 Å². The van der Waals surface area contributed by atoms with Gasteiger partial charge in [0.15, 0.2) is 0 Å². The second kappa shape index (κ2) is 6.55. The molecule has 0 saturated heterocycles. The zero-order valence-electron chi connectivity index (χ0n) is 10.1. The Labute approximate surface area is 130 Å². The van der Waals surface area contributed by atoms with Crippen molar-refractivity contribution in [2.75, 3.05) is 7.11 Å².